The number of hydrogen-bond donors (Lipinski definition) is 2. The Balaban J connectivity index is 2.40. The number of hydrogen-bond acceptors (Lipinski definition) is 2. The average molecular weight is 211 g/mol. The van der Waals surface area contributed by atoms with Gasteiger partial charge in [-0.05, 0) is 11.8 Å². The third kappa shape index (κ3) is 2.16. The first-order valence-electron chi connectivity index (χ1n) is 2.70. The molecule has 0 aliphatic carbocycles. The van der Waals surface area contributed by atoms with E-state index >= 15 is 0 Å². The molecular weight excluding hydrogens is 203 g/mol. The van der Waals surface area contributed by atoms with Crippen molar-refractivity contribution in [3.05, 3.63) is 11.8 Å². The molecule has 0 saturated carbocycles. The first-order valence-corrected chi connectivity index (χ1v) is 4.26. The van der Waals surface area contributed by atoms with Crippen LogP contribution in [-0.2, 0) is 0 Å². The van der Waals surface area contributed by atoms with Crippen LogP contribution in [0.2, 0.25) is 0 Å². The van der Waals surface area contributed by atoms with Gasteiger partial charge in [-0.25, -0.2) is 0 Å². The molecule has 0 aromatic rings. The molecule has 0 aromatic carbocycles. The summed E-state index contributed by atoms with van der Waals surface area (Å²) in [5.41, 5.74) is 1.18. The molecule has 0 aromatic heterocycles. The van der Waals surface area contributed by atoms with E-state index in [1.807, 2.05) is 6.20 Å². The Morgan fingerprint density at radius 2 is 2.67 bits per heavy atom. The van der Waals surface area contributed by atoms with E-state index in [4.69, 9.17) is 11.6 Å². The second kappa shape index (κ2) is 3.44. The molecule has 0 bridgehead atoms. The molecule has 9 heavy (non-hydrogen) atoms. The van der Waals surface area contributed by atoms with Gasteiger partial charge in [0.2, 0.25) is 0 Å². The van der Waals surface area contributed by atoms with E-state index in [1.54, 1.807) is 0 Å². The minimum atomic E-state index is -0.104. The highest BCUT2D eigenvalue weighted by molar-refractivity contribution is 9.09. The third-order valence-electron chi connectivity index (χ3n) is 1.11. The van der Waals surface area contributed by atoms with Gasteiger partial charge in [0.1, 0.15) is 0 Å². The summed E-state index contributed by atoms with van der Waals surface area (Å²) >= 11 is 9.00. The van der Waals surface area contributed by atoms with Gasteiger partial charge in [-0.1, -0.05) is 27.5 Å². The first-order chi connectivity index (χ1) is 4.33. The van der Waals surface area contributed by atoms with E-state index in [1.165, 1.54) is 5.57 Å². The van der Waals surface area contributed by atoms with E-state index in [-0.39, 0.29) is 5.62 Å². The van der Waals surface area contributed by atoms with Crippen molar-refractivity contribution in [2.75, 3.05) is 11.9 Å². The van der Waals surface area contributed by atoms with Crippen LogP contribution in [0.5, 0.6) is 0 Å². The molecular formula is C5H8BrClN2. The maximum absolute atomic E-state index is 5.66. The Morgan fingerprint density at radius 1 is 1.89 bits per heavy atom. The van der Waals surface area contributed by atoms with Crippen LogP contribution in [0.25, 0.3) is 0 Å². The molecule has 1 unspecified atom stereocenters. The number of alkyl halides is 2. The predicted octanol–water partition coefficient (Wildman–Crippen LogP) is 0.980. The van der Waals surface area contributed by atoms with Gasteiger partial charge in [0.15, 0.2) is 5.62 Å². The molecule has 52 valence electrons. The van der Waals surface area contributed by atoms with Crippen molar-refractivity contribution < 1.29 is 0 Å². The van der Waals surface area contributed by atoms with E-state index in [0.717, 1.165) is 11.9 Å². The normalized spacial score (nSPS) is 26.9. The molecule has 1 heterocycles. The van der Waals surface area contributed by atoms with Crippen LogP contribution in [0.15, 0.2) is 11.8 Å². The van der Waals surface area contributed by atoms with Crippen LogP contribution in [0.3, 0.4) is 0 Å². The van der Waals surface area contributed by atoms with Crippen LogP contribution in [0, 0.1) is 0 Å². The van der Waals surface area contributed by atoms with Gasteiger partial charge in [-0.15, -0.1) is 0 Å². The minimum Gasteiger partial charge on any atom is -0.363 e. The van der Waals surface area contributed by atoms with Gasteiger partial charge in [0.25, 0.3) is 0 Å². The molecule has 0 radical (unpaired) electrons. The zero-order valence-corrected chi connectivity index (χ0v) is 7.17. The first kappa shape index (κ1) is 7.38. The molecule has 2 nitrogen and oxygen atoms in total. The smallest absolute Gasteiger partial charge is 0.155 e. The fourth-order valence-corrected chi connectivity index (χ4v) is 1.11. The quantitative estimate of drug-likeness (QED) is 0.499. The summed E-state index contributed by atoms with van der Waals surface area (Å²) < 4.78 is 0. The standard InChI is InChI=1S/C5H8BrClN2/c6-1-4-2-8-5(7)9-3-4/h2,5,8-9H,1,3H2. The summed E-state index contributed by atoms with van der Waals surface area (Å²) in [6, 6.07) is 0. The molecule has 1 rings (SSSR count). The average Bonchev–Trinajstić information content (AvgIpc) is 1.90. The highest BCUT2D eigenvalue weighted by atomic mass is 79.9. The third-order valence-corrected chi connectivity index (χ3v) is 2.11. The van der Waals surface area contributed by atoms with Gasteiger partial charge >= 0.3 is 0 Å². The van der Waals surface area contributed by atoms with Crippen molar-refractivity contribution in [2.45, 2.75) is 5.62 Å². The summed E-state index contributed by atoms with van der Waals surface area (Å²) in [6.07, 6.45) is 1.93. The van der Waals surface area contributed by atoms with Crippen LogP contribution in [0.1, 0.15) is 0 Å². The van der Waals surface area contributed by atoms with Crippen LogP contribution in [0.4, 0.5) is 0 Å². The maximum atomic E-state index is 5.66. The van der Waals surface area contributed by atoms with Crippen molar-refractivity contribution in [1.29, 1.82) is 0 Å². The summed E-state index contributed by atoms with van der Waals surface area (Å²) in [6.45, 7) is 0.867. The molecule has 1 atom stereocenters. The van der Waals surface area contributed by atoms with E-state index in [9.17, 15) is 0 Å². The monoisotopic (exact) mass is 210 g/mol. The zero-order chi connectivity index (χ0) is 6.69. The Morgan fingerprint density at radius 3 is 3.11 bits per heavy atom. The van der Waals surface area contributed by atoms with Crippen LogP contribution < -0.4 is 10.6 Å². The van der Waals surface area contributed by atoms with Crippen molar-refractivity contribution in [3.8, 4) is 0 Å². The lowest BCUT2D eigenvalue weighted by atomic mass is 10.3. The fraction of sp³-hybridized carbons (Fsp3) is 0.600. The summed E-state index contributed by atoms with van der Waals surface area (Å²) in [5, 5.41) is 6.88. The second-order valence-electron chi connectivity index (χ2n) is 1.85. The van der Waals surface area contributed by atoms with Crippen LogP contribution >= 0.6 is 27.5 Å². The second-order valence-corrected chi connectivity index (χ2v) is 2.84. The lowest BCUT2D eigenvalue weighted by Gasteiger charge is -2.18. The van der Waals surface area contributed by atoms with Crippen molar-refractivity contribution >= 4 is 27.5 Å². The van der Waals surface area contributed by atoms with Crippen molar-refractivity contribution in [2.24, 2.45) is 0 Å². The largest absolute Gasteiger partial charge is 0.363 e. The van der Waals surface area contributed by atoms with Crippen molar-refractivity contribution in [3.63, 3.8) is 0 Å². The molecule has 0 spiro atoms. The van der Waals surface area contributed by atoms with Gasteiger partial charge in [0.05, 0.1) is 0 Å². The van der Waals surface area contributed by atoms with E-state index in [0.29, 0.717) is 0 Å². The molecule has 0 saturated heterocycles. The summed E-state index contributed by atoms with van der Waals surface area (Å²) in [4.78, 5) is 0. The van der Waals surface area contributed by atoms with E-state index < -0.39 is 0 Å². The molecule has 4 heteroatoms. The highest BCUT2D eigenvalue weighted by Crippen LogP contribution is 2.02. The van der Waals surface area contributed by atoms with E-state index in [2.05, 4.69) is 26.6 Å². The predicted molar refractivity (Wildman–Crippen MR) is 42.7 cm³/mol. The summed E-state index contributed by atoms with van der Waals surface area (Å²) in [7, 11) is 0. The molecule has 0 amide bonds. The highest BCUT2D eigenvalue weighted by Gasteiger charge is 2.06. The van der Waals surface area contributed by atoms with Gasteiger partial charge in [-0.3, -0.25) is 5.32 Å². The zero-order valence-electron chi connectivity index (χ0n) is 4.82. The fourth-order valence-electron chi connectivity index (χ4n) is 0.607. The molecule has 2 N–H and O–H groups in total. The van der Waals surface area contributed by atoms with Crippen molar-refractivity contribution in [1.82, 2.24) is 10.6 Å². The maximum Gasteiger partial charge on any atom is 0.155 e. The number of halogens is 2. The summed E-state index contributed by atoms with van der Waals surface area (Å²) in [5.74, 6) is 0. The lowest BCUT2D eigenvalue weighted by molar-refractivity contribution is 0.595. The Bertz CT molecular complexity index is 126. The van der Waals surface area contributed by atoms with Crippen LogP contribution in [-0.4, -0.2) is 17.5 Å². The lowest BCUT2D eigenvalue weighted by Crippen LogP contribution is -2.40. The Kier molecular flexibility index (Phi) is 2.82. The van der Waals surface area contributed by atoms with Gasteiger partial charge < -0.3 is 5.32 Å². The molecule has 1 aliphatic rings. The molecule has 1 aliphatic heterocycles. The number of nitrogens with one attached hydrogen (secondary N) is 2. The topological polar surface area (TPSA) is 24.1 Å². The van der Waals surface area contributed by atoms with Gasteiger partial charge in [0, 0.05) is 11.9 Å². The SMILES string of the molecule is ClC1NC=C(CBr)CN1. The van der Waals surface area contributed by atoms with Gasteiger partial charge in [-0.2, -0.15) is 0 Å². The number of rotatable bonds is 1. The minimum absolute atomic E-state index is 0.104. The Hall–Kier alpha value is 0.270. The molecule has 0 fully saturated rings. The Labute approximate surface area is 67.8 Å².